The van der Waals surface area contributed by atoms with Crippen LogP contribution in [0.4, 0.5) is 5.69 Å². The number of hydrogen-bond donors (Lipinski definition) is 2. The van der Waals surface area contributed by atoms with Gasteiger partial charge in [0.15, 0.2) is 4.34 Å². The van der Waals surface area contributed by atoms with Gasteiger partial charge in [-0.25, -0.2) is 0 Å². The first-order valence-electron chi connectivity index (χ1n) is 7.64. The number of hydrogen-bond acceptors (Lipinski definition) is 6. The Labute approximate surface area is 148 Å². The Morgan fingerprint density at radius 1 is 1.38 bits per heavy atom. The fourth-order valence-corrected chi connectivity index (χ4v) is 4.37. The third kappa shape index (κ3) is 3.76. The number of rotatable bonds is 6. The molecule has 24 heavy (non-hydrogen) atoms. The first kappa shape index (κ1) is 16.9. The smallest absolute Gasteiger partial charge is 0.232 e. The van der Waals surface area contributed by atoms with Crippen molar-refractivity contribution in [2.45, 2.75) is 30.5 Å². The van der Waals surface area contributed by atoms with Gasteiger partial charge < -0.3 is 10.6 Å². The number of benzene rings is 1. The quantitative estimate of drug-likeness (QED) is 0.609. The zero-order valence-corrected chi connectivity index (χ0v) is 15.1. The minimum absolute atomic E-state index is 0.104. The summed E-state index contributed by atoms with van der Waals surface area (Å²) in [6.45, 7) is 4.40. The third-order valence-electron chi connectivity index (χ3n) is 3.79. The van der Waals surface area contributed by atoms with Crippen molar-refractivity contribution in [3.63, 3.8) is 0 Å². The van der Waals surface area contributed by atoms with Crippen LogP contribution in [0.1, 0.15) is 28.5 Å². The van der Waals surface area contributed by atoms with Crippen LogP contribution in [0.15, 0.2) is 22.5 Å². The second-order valence-electron chi connectivity index (χ2n) is 5.57. The molecule has 2 aromatic rings. The van der Waals surface area contributed by atoms with Crippen molar-refractivity contribution in [2.75, 3.05) is 17.6 Å². The zero-order chi connectivity index (χ0) is 17.1. The van der Waals surface area contributed by atoms with Crippen LogP contribution in [0, 0.1) is 13.8 Å². The Balaban J connectivity index is 1.49. The molecule has 1 unspecified atom stereocenters. The molecule has 8 heteroatoms. The van der Waals surface area contributed by atoms with Crippen LogP contribution in [0.5, 0.6) is 0 Å². The van der Waals surface area contributed by atoms with Crippen molar-refractivity contribution < 1.29 is 9.59 Å². The van der Waals surface area contributed by atoms with Gasteiger partial charge in [0, 0.05) is 24.4 Å². The van der Waals surface area contributed by atoms with E-state index in [-0.39, 0.29) is 18.2 Å². The highest BCUT2D eigenvalue weighted by molar-refractivity contribution is 8.01. The van der Waals surface area contributed by atoms with Gasteiger partial charge in [-0.2, -0.15) is 0 Å². The van der Waals surface area contributed by atoms with E-state index in [4.69, 9.17) is 0 Å². The summed E-state index contributed by atoms with van der Waals surface area (Å²) >= 11 is 3.11. The largest absolute Gasteiger partial charge is 0.355 e. The predicted octanol–water partition coefficient (Wildman–Crippen LogP) is 2.49. The summed E-state index contributed by atoms with van der Waals surface area (Å²) < 4.78 is 0.904. The lowest BCUT2D eigenvalue weighted by molar-refractivity contribution is -0.125. The number of nitrogens with one attached hydrogen (secondary N) is 2. The lowest BCUT2D eigenvalue weighted by Gasteiger charge is -2.09. The van der Waals surface area contributed by atoms with E-state index in [1.165, 1.54) is 0 Å². The molecule has 2 amide bonds. The normalized spacial score (nSPS) is 15.9. The van der Waals surface area contributed by atoms with E-state index < -0.39 is 5.92 Å². The minimum atomic E-state index is -0.404. The molecule has 1 aromatic heterocycles. The van der Waals surface area contributed by atoms with Crippen LogP contribution in [0.3, 0.4) is 0 Å². The third-order valence-corrected chi connectivity index (χ3v) is 5.77. The maximum atomic E-state index is 12.1. The lowest BCUT2D eigenvalue weighted by Crippen LogP contribution is -2.28. The van der Waals surface area contributed by atoms with Crippen LogP contribution in [-0.4, -0.2) is 34.3 Å². The molecule has 2 heterocycles. The monoisotopic (exact) mass is 362 g/mol. The van der Waals surface area contributed by atoms with Gasteiger partial charge in [-0.3, -0.25) is 9.59 Å². The molecule has 1 atom stereocenters. The van der Waals surface area contributed by atoms with Crippen molar-refractivity contribution >= 4 is 40.6 Å². The van der Waals surface area contributed by atoms with Crippen LogP contribution in [0.25, 0.3) is 0 Å². The number of nitrogens with zero attached hydrogens (tertiary/aromatic N) is 2. The number of carbonyl (C=O) groups is 2. The van der Waals surface area contributed by atoms with Gasteiger partial charge in [-0.05, 0) is 25.0 Å². The Morgan fingerprint density at radius 2 is 2.21 bits per heavy atom. The van der Waals surface area contributed by atoms with E-state index >= 15 is 0 Å². The van der Waals surface area contributed by atoms with Crippen molar-refractivity contribution in [1.29, 1.82) is 0 Å². The number of amides is 2. The molecule has 1 aromatic carbocycles. The van der Waals surface area contributed by atoms with Crippen LogP contribution < -0.4 is 10.6 Å². The molecule has 2 N–H and O–H groups in total. The highest BCUT2D eigenvalue weighted by Crippen LogP contribution is 2.36. The summed E-state index contributed by atoms with van der Waals surface area (Å²) in [5, 5.41) is 14.7. The van der Waals surface area contributed by atoms with Gasteiger partial charge in [-0.1, -0.05) is 41.3 Å². The molecular formula is C16H18N4O2S2. The summed E-state index contributed by atoms with van der Waals surface area (Å²) in [5.41, 5.74) is 2.78. The molecule has 0 bridgehead atoms. The van der Waals surface area contributed by atoms with Gasteiger partial charge in [0.1, 0.15) is 5.01 Å². The molecular weight excluding hydrogens is 344 g/mol. The minimum Gasteiger partial charge on any atom is -0.355 e. The number of anilines is 1. The topological polar surface area (TPSA) is 84.0 Å². The maximum Gasteiger partial charge on any atom is 0.232 e. The average Bonchev–Trinajstić information content (AvgIpc) is 3.09. The second kappa shape index (κ2) is 7.31. The number of fused-ring (bicyclic) bond motifs is 1. The van der Waals surface area contributed by atoms with Crippen LogP contribution in [-0.2, 0) is 9.59 Å². The van der Waals surface area contributed by atoms with E-state index in [0.717, 1.165) is 31.9 Å². The van der Waals surface area contributed by atoms with E-state index in [9.17, 15) is 9.59 Å². The number of para-hydroxylation sites is 1. The molecule has 0 fully saturated rings. The van der Waals surface area contributed by atoms with Crippen LogP contribution >= 0.6 is 23.1 Å². The number of carbonyl (C=O) groups excluding carboxylic acids is 2. The SMILES string of the molecule is Cc1nnc(SCCNC(=O)CC2C(=O)Nc3c(C)cccc32)s1. The van der Waals surface area contributed by atoms with E-state index in [1.54, 1.807) is 23.1 Å². The number of thioether (sulfide) groups is 1. The zero-order valence-electron chi connectivity index (χ0n) is 13.5. The second-order valence-corrected chi connectivity index (χ2v) is 8.09. The van der Waals surface area contributed by atoms with Gasteiger partial charge in [0.05, 0.1) is 5.92 Å². The summed E-state index contributed by atoms with van der Waals surface area (Å²) in [4.78, 5) is 24.3. The number of aryl methyl sites for hydroxylation is 2. The molecule has 1 aliphatic rings. The highest BCUT2D eigenvalue weighted by atomic mass is 32.2. The fraction of sp³-hybridized carbons (Fsp3) is 0.375. The first-order valence-corrected chi connectivity index (χ1v) is 9.45. The molecule has 6 nitrogen and oxygen atoms in total. The lowest BCUT2D eigenvalue weighted by atomic mass is 9.95. The summed E-state index contributed by atoms with van der Waals surface area (Å²) in [6, 6.07) is 5.78. The molecule has 1 aliphatic heterocycles. The van der Waals surface area contributed by atoms with Crippen molar-refractivity contribution in [3.05, 3.63) is 34.3 Å². The Hall–Kier alpha value is -1.93. The predicted molar refractivity (Wildman–Crippen MR) is 95.5 cm³/mol. The Bertz CT molecular complexity index is 775. The van der Waals surface area contributed by atoms with Gasteiger partial charge in [-0.15, -0.1) is 10.2 Å². The Kier molecular flexibility index (Phi) is 5.15. The summed E-state index contributed by atoms with van der Waals surface area (Å²) in [5.74, 6) is 0.109. The van der Waals surface area contributed by atoms with Gasteiger partial charge in [0.25, 0.3) is 0 Å². The van der Waals surface area contributed by atoms with Crippen molar-refractivity contribution in [2.24, 2.45) is 0 Å². The molecule has 3 rings (SSSR count). The Morgan fingerprint density at radius 3 is 2.96 bits per heavy atom. The summed E-state index contributed by atoms with van der Waals surface area (Å²) in [7, 11) is 0. The average molecular weight is 362 g/mol. The van der Waals surface area contributed by atoms with E-state index in [0.29, 0.717) is 6.54 Å². The first-order chi connectivity index (χ1) is 11.5. The van der Waals surface area contributed by atoms with E-state index in [1.807, 2.05) is 32.0 Å². The molecule has 126 valence electrons. The maximum absolute atomic E-state index is 12.1. The summed E-state index contributed by atoms with van der Waals surface area (Å²) in [6.07, 6.45) is 0.171. The molecule has 0 saturated heterocycles. The molecule has 0 radical (unpaired) electrons. The molecule has 0 saturated carbocycles. The van der Waals surface area contributed by atoms with Gasteiger partial charge in [0.2, 0.25) is 11.8 Å². The molecule has 0 aliphatic carbocycles. The fourth-order valence-electron chi connectivity index (χ4n) is 2.63. The van der Waals surface area contributed by atoms with E-state index in [2.05, 4.69) is 20.8 Å². The van der Waals surface area contributed by atoms with Crippen molar-refractivity contribution in [3.8, 4) is 0 Å². The number of aromatic nitrogens is 2. The highest BCUT2D eigenvalue weighted by Gasteiger charge is 2.32. The molecule has 0 spiro atoms. The van der Waals surface area contributed by atoms with Gasteiger partial charge >= 0.3 is 0 Å². The van der Waals surface area contributed by atoms with Crippen LogP contribution in [0.2, 0.25) is 0 Å². The standard InChI is InChI=1S/C16H18N4O2S2/c1-9-4-3-5-11-12(15(22)18-14(9)11)8-13(21)17-6-7-23-16-20-19-10(2)24-16/h3-5,12H,6-8H2,1-2H3,(H,17,21)(H,18,22). The van der Waals surface area contributed by atoms with Crippen molar-refractivity contribution in [1.82, 2.24) is 15.5 Å².